The smallest absolute Gasteiger partial charge is 0.221 e. The first-order chi connectivity index (χ1) is 8.74. The molecule has 1 aliphatic rings. The van der Waals surface area contributed by atoms with Gasteiger partial charge in [0.25, 0.3) is 0 Å². The van der Waals surface area contributed by atoms with Crippen molar-refractivity contribution >= 4 is 17.5 Å². The lowest BCUT2D eigenvalue weighted by Crippen LogP contribution is -2.30. The first-order valence-electron chi connectivity index (χ1n) is 6.07. The first kappa shape index (κ1) is 13.3. The normalized spacial score (nSPS) is 17.5. The van der Waals surface area contributed by atoms with Crippen LogP contribution in [0.4, 0.5) is 0 Å². The predicted molar refractivity (Wildman–Crippen MR) is 70.5 cm³/mol. The van der Waals surface area contributed by atoms with E-state index in [1.54, 1.807) is 0 Å². The zero-order chi connectivity index (χ0) is 12.8. The number of amides is 1. The zero-order valence-electron chi connectivity index (χ0n) is 10.1. The molecule has 1 amide bonds. The SMILES string of the molecule is O=C(CCNCc1ccc(Cl)cc1)NC[C@H]1CO1. The van der Waals surface area contributed by atoms with Crippen LogP contribution in [-0.4, -0.2) is 31.7 Å². The number of benzene rings is 1. The Balaban J connectivity index is 1.54. The summed E-state index contributed by atoms with van der Waals surface area (Å²) in [6, 6.07) is 7.67. The van der Waals surface area contributed by atoms with Gasteiger partial charge >= 0.3 is 0 Å². The Morgan fingerprint density at radius 1 is 1.39 bits per heavy atom. The van der Waals surface area contributed by atoms with E-state index in [0.29, 0.717) is 19.5 Å². The highest BCUT2D eigenvalue weighted by Crippen LogP contribution is 2.09. The molecule has 2 N–H and O–H groups in total. The van der Waals surface area contributed by atoms with E-state index in [1.807, 2.05) is 24.3 Å². The lowest BCUT2D eigenvalue weighted by Gasteiger charge is -2.05. The van der Waals surface area contributed by atoms with Gasteiger partial charge in [0.05, 0.1) is 12.7 Å². The number of hydrogen-bond donors (Lipinski definition) is 2. The maximum Gasteiger partial charge on any atom is 0.221 e. The van der Waals surface area contributed by atoms with Crippen molar-refractivity contribution < 1.29 is 9.53 Å². The van der Waals surface area contributed by atoms with Gasteiger partial charge in [-0.25, -0.2) is 0 Å². The van der Waals surface area contributed by atoms with Gasteiger partial charge in [0.1, 0.15) is 0 Å². The Kier molecular flexibility index (Phi) is 4.99. The summed E-state index contributed by atoms with van der Waals surface area (Å²) in [5.74, 6) is 0.0640. The van der Waals surface area contributed by atoms with Gasteiger partial charge in [-0.2, -0.15) is 0 Å². The van der Waals surface area contributed by atoms with Crippen LogP contribution in [-0.2, 0) is 16.1 Å². The first-order valence-corrected chi connectivity index (χ1v) is 6.45. The number of rotatable bonds is 7. The fraction of sp³-hybridized carbons (Fsp3) is 0.462. The second-order valence-electron chi connectivity index (χ2n) is 4.31. The van der Waals surface area contributed by atoms with E-state index < -0.39 is 0 Å². The van der Waals surface area contributed by atoms with Crippen molar-refractivity contribution in [3.8, 4) is 0 Å². The second-order valence-corrected chi connectivity index (χ2v) is 4.75. The number of epoxide rings is 1. The maximum atomic E-state index is 11.4. The van der Waals surface area contributed by atoms with Crippen molar-refractivity contribution in [1.29, 1.82) is 0 Å². The number of halogens is 1. The minimum Gasteiger partial charge on any atom is -0.371 e. The van der Waals surface area contributed by atoms with Crippen LogP contribution >= 0.6 is 11.6 Å². The third kappa shape index (κ3) is 5.04. The lowest BCUT2D eigenvalue weighted by molar-refractivity contribution is -0.121. The highest BCUT2D eigenvalue weighted by Gasteiger charge is 2.22. The number of carbonyl (C=O) groups is 1. The largest absolute Gasteiger partial charge is 0.371 e. The Labute approximate surface area is 112 Å². The van der Waals surface area contributed by atoms with Crippen LogP contribution in [0.3, 0.4) is 0 Å². The minimum atomic E-state index is 0.0640. The highest BCUT2D eigenvalue weighted by molar-refractivity contribution is 6.30. The molecule has 0 aromatic heterocycles. The van der Waals surface area contributed by atoms with E-state index in [4.69, 9.17) is 16.3 Å². The Morgan fingerprint density at radius 2 is 2.11 bits per heavy atom. The van der Waals surface area contributed by atoms with Gasteiger partial charge in [-0.15, -0.1) is 0 Å². The summed E-state index contributed by atoms with van der Waals surface area (Å²) in [5, 5.41) is 6.79. The van der Waals surface area contributed by atoms with Crippen LogP contribution in [0.1, 0.15) is 12.0 Å². The van der Waals surface area contributed by atoms with Gasteiger partial charge in [0.15, 0.2) is 0 Å². The molecule has 0 spiro atoms. The summed E-state index contributed by atoms with van der Waals surface area (Å²) >= 11 is 5.80. The lowest BCUT2D eigenvalue weighted by atomic mass is 10.2. The fourth-order valence-electron chi connectivity index (χ4n) is 1.54. The molecule has 1 heterocycles. The molecule has 1 aromatic rings. The van der Waals surface area contributed by atoms with E-state index in [0.717, 1.165) is 23.7 Å². The number of hydrogen-bond acceptors (Lipinski definition) is 3. The van der Waals surface area contributed by atoms with Gasteiger partial charge in [0.2, 0.25) is 5.91 Å². The second kappa shape index (κ2) is 6.73. The van der Waals surface area contributed by atoms with Crippen LogP contribution in [0.25, 0.3) is 0 Å². The summed E-state index contributed by atoms with van der Waals surface area (Å²) in [6.45, 7) is 2.82. The highest BCUT2D eigenvalue weighted by atomic mass is 35.5. The average molecular weight is 269 g/mol. The minimum absolute atomic E-state index is 0.0640. The molecular weight excluding hydrogens is 252 g/mol. The van der Waals surface area contributed by atoms with E-state index in [-0.39, 0.29) is 12.0 Å². The number of carbonyl (C=O) groups excluding carboxylic acids is 1. The van der Waals surface area contributed by atoms with Crippen LogP contribution in [0.5, 0.6) is 0 Å². The molecule has 18 heavy (non-hydrogen) atoms. The molecule has 4 nitrogen and oxygen atoms in total. The molecule has 1 aromatic carbocycles. The molecule has 2 rings (SSSR count). The van der Waals surface area contributed by atoms with Crippen molar-refractivity contribution in [3.05, 3.63) is 34.9 Å². The van der Waals surface area contributed by atoms with E-state index >= 15 is 0 Å². The quantitative estimate of drug-likeness (QED) is 0.580. The van der Waals surface area contributed by atoms with Crippen molar-refractivity contribution in [2.24, 2.45) is 0 Å². The monoisotopic (exact) mass is 268 g/mol. The third-order valence-electron chi connectivity index (χ3n) is 2.70. The summed E-state index contributed by atoms with van der Waals surface area (Å²) in [5.41, 5.74) is 1.16. The fourth-order valence-corrected chi connectivity index (χ4v) is 1.66. The summed E-state index contributed by atoms with van der Waals surface area (Å²) < 4.78 is 5.01. The standard InChI is InChI=1S/C13H17ClN2O2/c14-11-3-1-10(2-4-11)7-15-6-5-13(17)16-8-12-9-18-12/h1-4,12,15H,5-9H2,(H,16,17)/t12-/m0/s1. The summed E-state index contributed by atoms with van der Waals surface area (Å²) in [7, 11) is 0. The van der Waals surface area contributed by atoms with Gasteiger partial charge in [0, 0.05) is 31.1 Å². The maximum absolute atomic E-state index is 11.4. The molecule has 0 aliphatic carbocycles. The van der Waals surface area contributed by atoms with Crippen LogP contribution < -0.4 is 10.6 Å². The van der Waals surface area contributed by atoms with Crippen LogP contribution in [0.2, 0.25) is 5.02 Å². The molecule has 0 unspecified atom stereocenters. The number of ether oxygens (including phenoxy) is 1. The van der Waals surface area contributed by atoms with E-state index in [2.05, 4.69) is 10.6 Å². The molecule has 1 fully saturated rings. The zero-order valence-corrected chi connectivity index (χ0v) is 10.9. The van der Waals surface area contributed by atoms with E-state index in [9.17, 15) is 4.79 Å². The Morgan fingerprint density at radius 3 is 2.78 bits per heavy atom. The molecule has 0 radical (unpaired) electrons. The van der Waals surface area contributed by atoms with Crippen molar-refractivity contribution in [2.45, 2.75) is 19.1 Å². The molecule has 0 bridgehead atoms. The predicted octanol–water partition coefficient (Wildman–Crippen LogP) is 1.33. The molecule has 98 valence electrons. The summed E-state index contributed by atoms with van der Waals surface area (Å²) in [4.78, 5) is 11.4. The van der Waals surface area contributed by atoms with Crippen molar-refractivity contribution in [1.82, 2.24) is 10.6 Å². The van der Waals surface area contributed by atoms with Gasteiger partial charge in [-0.1, -0.05) is 23.7 Å². The molecule has 1 atom stereocenters. The van der Waals surface area contributed by atoms with Crippen LogP contribution in [0.15, 0.2) is 24.3 Å². The van der Waals surface area contributed by atoms with Gasteiger partial charge < -0.3 is 15.4 Å². The third-order valence-corrected chi connectivity index (χ3v) is 2.95. The molecular formula is C13H17ClN2O2. The van der Waals surface area contributed by atoms with Gasteiger partial charge in [-0.3, -0.25) is 4.79 Å². The molecule has 1 aliphatic heterocycles. The Hall–Kier alpha value is -1.10. The van der Waals surface area contributed by atoms with Crippen molar-refractivity contribution in [3.63, 3.8) is 0 Å². The molecule has 5 heteroatoms. The van der Waals surface area contributed by atoms with Crippen molar-refractivity contribution in [2.75, 3.05) is 19.7 Å². The summed E-state index contributed by atoms with van der Waals surface area (Å²) in [6.07, 6.45) is 0.733. The molecule has 0 saturated carbocycles. The van der Waals surface area contributed by atoms with Gasteiger partial charge in [-0.05, 0) is 17.7 Å². The topological polar surface area (TPSA) is 53.7 Å². The Bertz CT molecular complexity index is 390. The van der Waals surface area contributed by atoms with E-state index in [1.165, 1.54) is 0 Å². The number of nitrogens with one attached hydrogen (secondary N) is 2. The molecule has 1 saturated heterocycles. The average Bonchev–Trinajstić information content (AvgIpc) is 3.18. The van der Waals surface area contributed by atoms with Crippen LogP contribution in [0, 0.1) is 0 Å².